The van der Waals surface area contributed by atoms with Gasteiger partial charge in [0.1, 0.15) is 0 Å². The number of nitrogens with one attached hydrogen (secondary N) is 1. The molecule has 8 heteroatoms. The van der Waals surface area contributed by atoms with Crippen LogP contribution in [0.2, 0.25) is 5.02 Å². The van der Waals surface area contributed by atoms with Gasteiger partial charge in [0.15, 0.2) is 4.96 Å². The van der Waals surface area contributed by atoms with Gasteiger partial charge in [-0.25, -0.2) is 4.98 Å². The van der Waals surface area contributed by atoms with E-state index in [1.54, 1.807) is 6.20 Å². The van der Waals surface area contributed by atoms with E-state index in [4.69, 9.17) is 11.6 Å². The lowest BCUT2D eigenvalue weighted by Crippen LogP contribution is -2.31. The van der Waals surface area contributed by atoms with Crippen molar-refractivity contribution in [2.75, 3.05) is 5.75 Å². The Kier molecular flexibility index (Phi) is 7.06. The molecule has 0 spiro atoms. The molecule has 1 amide bonds. The molecule has 0 aliphatic rings. The Hall–Kier alpha value is -2.61. The van der Waals surface area contributed by atoms with Crippen molar-refractivity contribution in [1.29, 1.82) is 0 Å². The first kappa shape index (κ1) is 21.6. The van der Waals surface area contributed by atoms with E-state index in [0.717, 1.165) is 11.1 Å². The number of hydrogen-bond donors (Lipinski definition) is 1. The Bertz CT molecular complexity index is 1220. The van der Waals surface area contributed by atoms with Gasteiger partial charge in [-0.1, -0.05) is 54.1 Å². The van der Waals surface area contributed by atoms with Crippen molar-refractivity contribution in [2.24, 2.45) is 0 Å². The number of nitrogens with zero attached hydrogens (tertiary/aromatic N) is 2. The fraction of sp³-hybridized carbons (Fsp3) is 0.174. The van der Waals surface area contributed by atoms with Gasteiger partial charge in [-0.15, -0.1) is 23.1 Å². The van der Waals surface area contributed by atoms with Crippen molar-refractivity contribution < 1.29 is 4.79 Å². The van der Waals surface area contributed by atoms with Gasteiger partial charge in [-0.2, -0.15) is 0 Å². The van der Waals surface area contributed by atoms with Crippen LogP contribution in [0.15, 0.2) is 77.0 Å². The van der Waals surface area contributed by atoms with Crippen LogP contribution in [0.25, 0.3) is 4.96 Å². The lowest BCUT2D eigenvalue weighted by atomic mass is 9.99. The summed E-state index contributed by atoms with van der Waals surface area (Å²) in [6, 6.07) is 19.0. The summed E-state index contributed by atoms with van der Waals surface area (Å²) in [5.74, 6) is 0.737. The highest BCUT2D eigenvalue weighted by molar-refractivity contribution is 7.99. The van der Waals surface area contributed by atoms with Gasteiger partial charge < -0.3 is 5.32 Å². The first-order valence-corrected chi connectivity index (χ1v) is 12.1. The maximum atomic E-state index is 12.7. The Morgan fingerprint density at radius 1 is 1.16 bits per heavy atom. The topological polar surface area (TPSA) is 63.5 Å². The summed E-state index contributed by atoms with van der Waals surface area (Å²) in [4.78, 5) is 29.9. The molecule has 0 radical (unpaired) electrons. The lowest BCUT2D eigenvalue weighted by Gasteiger charge is -2.19. The Balaban J connectivity index is 1.38. The van der Waals surface area contributed by atoms with Gasteiger partial charge in [0, 0.05) is 28.4 Å². The number of hydrogen-bond acceptors (Lipinski definition) is 5. The molecule has 0 saturated carbocycles. The quantitative estimate of drug-likeness (QED) is 0.404. The van der Waals surface area contributed by atoms with Crippen molar-refractivity contribution in [3.8, 4) is 0 Å². The third kappa shape index (κ3) is 5.76. The van der Waals surface area contributed by atoms with E-state index in [1.807, 2.05) is 60.0 Å². The monoisotopic (exact) mass is 469 g/mol. The van der Waals surface area contributed by atoms with Crippen LogP contribution in [-0.2, 0) is 17.0 Å². The zero-order chi connectivity index (χ0) is 21.6. The molecule has 1 N–H and O–H groups in total. The van der Waals surface area contributed by atoms with Crippen LogP contribution in [0.1, 0.15) is 22.9 Å². The van der Waals surface area contributed by atoms with E-state index in [-0.39, 0.29) is 23.3 Å². The predicted octanol–water partition coefficient (Wildman–Crippen LogP) is 4.74. The van der Waals surface area contributed by atoms with Crippen LogP contribution in [0.3, 0.4) is 0 Å². The first-order valence-electron chi connectivity index (χ1n) is 9.71. The van der Waals surface area contributed by atoms with Gasteiger partial charge in [0.25, 0.3) is 5.56 Å². The van der Waals surface area contributed by atoms with Crippen molar-refractivity contribution >= 4 is 45.6 Å². The SMILES string of the molecule is O=C(CSCc1cc(=O)n2ccsc2n1)NC(Cc1ccc(Cl)cc1)c1ccccc1. The Labute approximate surface area is 193 Å². The maximum Gasteiger partial charge on any atom is 0.258 e. The van der Waals surface area contributed by atoms with E-state index >= 15 is 0 Å². The van der Waals surface area contributed by atoms with Crippen LogP contribution in [0.4, 0.5) is 0 Å². The molecule has 5 nitrogen and oxygen atoms in total. The van der Waals surface area contributed by atoms with Crippen molar-refractivity contribution in [1.82, 2.24) is 14.7 Å². The van der Waals surface area contributed by atoms with E-state index in [1.165, 1.54) is 33.6 Å². The van der Waals surface area contributed by atoms with Crippen LogP contribution in [0.5, 0.6) is 0 Å². The summed E-state index contributed by atoms with van der Waals surface area (Å²) in [6.07, 6.45) is 2.38. The van der Waals surface area contributed by atoms with Gasteiger partial charge in [0.2, 0.25) is 5.91 Å². The molecule has 2 heterocycles. The normalized spacial score (nSPS) is 12.0. The number of thioether (sulfide) groups is 1. The summed E-state index contributed by atoms with van der Waals surface area (Å²) in [5, 5.41) is 5.66. The summed E-state index contributed by atoms with van der Waals surface area (Å²) >= 11 is 8.86. The second kappa shape index (κ2) is 10.1. The minimum absolute atomic E-state index is 0.0539. The van der Waals surface area contributed by atoms with Crippen LogP contribution in [0, 0.1) is 0 Å². The molecule has 31 heavy (non-hydrogen) atoms. The van der Waals surface area contributed by atoms with Gasteiger partial charge in [-0.05, 0) is 29.7 Å². The van der Waals surface area contributed by atoms with Crippen LogP contribution in [-0.4, -0.2) is 21.0 Å². The highest BCUT2D eigenvalue weighted by Crippen LogP contribution is 2.20. The Morgan fingerprint density at radius 3 is 2.71 bits per heavy atom. The fourth-order valence-electron chi connectivity index (χ4n) is 3.24. The fourth-order valence-corrected chi connectivity index (χ4v) is 4.83. The summed E-state index contributed by atoms with van der Waals surface area (Å²) < 4.78 is 1.52. The molecule has 2 aromatic carbocycles. The average Bonchev–Trinajstić information content (AvgIpc) is 3.25. The molecule has 0 bridgehead atoms. The summed E-state index contributed by atoms with van der Waals surface area (Å²) in [7, 11) is 0. The van der Waals surface area contributed by atoms with Crippen molar-refractivity contribution in [2.45, 2.75) is 18.2 Å². The molecule has 1 atom stereocenters. The highest BCUT2D eigenvalue weighted by Gasteiger charge is 2.15. The van der Waals surface area contributed by atoms with E-state index in [0.29, 0.717) is 27.9 Å². The number of halogens is 1. The predicted molar refractivity (Wildman–Crippen MR) is 128 cm³/mol. The van der Waals surface area contributed by atoms with Crippen molar-refractivity contribution in [3.05, 3.63) is 104 Å². The van der Waals surface area contributed by atoms with Gasteiger partial charge in [-0.3, -0.25) is 14.0 Å². The summed E-state index contributed by atoms with van der Waals surface area (Å²) in [6.45, 7) is 0. The molecule has 4 aromatic rings. The smallest absolute Gasteiger partial charge is 0.258 e. The van der Waals surface area contributed by atoms with Gasteiger partial charge >= 0.3 is 0 Å². The van der Waals surface area contributed by atoms with Crippen LogP contribution < -0.4 is 10.9 Å². The number of rotatable bonds is 8. The molecule has 158 valence electrons. The highest BCUT2D eigenvalue weighted by atomic mass is 35.5. The molecule has 0 fully saturated rings. The van der Waals surface area contributed by atoms with Gasteiger partial charge in [0.05, 0.1) is 17.5 Å². The maximum absolute atomic E-state index is 12.7. The number of aromatic nitrogens is 2. The number of amides is 1. The molecule has 0 saturated heterocycles. The minimum Gasteiger partial charge on any atom is -0.348 e. The van der Waals surface area contributed by atoms with E-state index in [2.05, 4.69) is 10.3 Å². The zero-order valence-corrected chi connectivity index (χ0v) is 18.9. The summed E-state index contributed by atoms with van der Waals surface area (Å²) in [5.41, 5.74) is 2.73. The third-order valence-electron chi connectivity index (χ3n) is 4.73. The number of fused-ring (bicyclic) bond motifs is 1. The second-order valence-electron chi connectivity index (χ2n) is 7.00. The molecular weight excluding hydrogens is 450 g/mol. The second-order valence-corrected chi connectivity index (χ2v) is 9.29. The third-order valence-corrected chi connectivity index (χ3v) is 6.70. The average molecular weight is 470 g/mol. The number of carbonyl (C=O) groups is 1. The number of carbonyl (C=O) groups excluding carboxylic acids is 1. The molecule has 2 aromatic heterocycles. The molecule has 1 unspecified atom stereocenters. The standard InChI is InChI=1S/C23H20ClN3O2S2/c24-18-8-6-16(7-9-18)12-20(17-4-2-1-3-5-17)26-21(28)15-30-14-19-13-22(29)27-10-11-31-23(27)25-19/h1-11,13,20H,12,14-15H2,(H,26,28). The van der Waals surface area contributed by atoms with Crippen molar-refractivity contribution in [3.63, 3.8) is 0 Å². The largest absolute Gasteiger partial charge is 0.348 e. The lowest BCUT2D eigenvalue weighted by molar-refractivity contribution is -0.119. The number of benzene rings is 2. The molecular formula is C23H20ClN3O2S2. The first-order chi connectivity index (χ1) is 15.1. The molecule has 0 aliphatic carbocycles. The van der Waals surface area contributed by atoms with E-state index < -0.39 is 0 Å². The van der Waals surface area contributed by atoms with Crippen LogP contribution >= 0.6 is 34.7 Å². The number of thiazole rings is 1. The molecule has 0 aliphatic heterocycles. The molecule has 4 rings (SSSR count). The minimum atomic E-state index is -0.138. The van der Waals surface area contributed by atoms with E-state index in [9.17, 15) is 9.59 Å². The Morgan fingerprint density at radius 2 is 1.94 bits per heavy atom. The zero-order valence-electron chi connectivity index (χ0n) is 16.5.